The van der Waals surface area contributed by atoms with E-state index in [-0.39, 0.29) is 12.5 Å². The van der Waals surface area contributed by atoms with Gasteiger partial charge < -0.3 is 40.3 Å². The van der Waals surface area contributed by atoms with Crippen LogP contribution < -0.4 is 5.32 Å². The van der Waals surface area contributed by atoms with Crippen molar-refractivity contribution in [2.75, 3.05) is 13.2 Å². The number of hydrogen-bond acceptors (Lipinski definition) is 8. The molecule has 1 amide bonds. The molecule has 0 aromatic carbocycles. The summed E-state index contributed by atoms with van der Waals surface area (Å²) in [5, 5.41) is 54.4. The van der Waals surface area contributed by atoms with Crippen molar-refractivity contribution in [2.45, 2.75) is 288 Å². The fourth-order valence-electron chi connectivity index (χ4n) is 8.22. The van der Waals surface area contributed by atoms with Crippen molar-refractivity contribution in [1.82, 2.24) is 5.32 Å². The molecule has 0 saturated carbocycles. The van der Waals surface area contributed by atoms with Crippen molar-refractivity contribution in [2.24, 2.45) is 0 Å². The van der Waals surface area contributed by atoms with Gasteiger partial charge in [0.05, 0.1) is 25.4 Å². The Kier molecular flexibility index (Phi) is 37.4. The van der Waals surface area contributed by atoms with Crippen LogP contribution in [0.15, 0.2) is 0 Å². The minimum atomic E-state index is -1.55. The van der Waals surface area contributed by atoms with Gasteiger partial charge in [0.2, 0.25) is 5.91 Å². The van der Waals surface area contributed by atoms with Gasteiger partial charge in [-0.15, -0.1) is 0 Å². The molecule has 1 aliphatic heterocycles. The number of amides is 1. The summed E-state index contributed by atoms with van der Waals surface area (Å²) in [6.45, 7) is 3.85. The van der Waals surface area contributed by atoms with E-state index in [1.165, 1.54) is 180 Å². The number of aliphatic hydroxyl groups is 5. The lowest BCUT2D eigenvalue weighted by molar-refractivity contribution is -0.302. The molecule has 9 heteroatoms. The van der Waals surface area contributed by atoms with E-state index in [0.717, 1.165) is 38.5 Å². The first-order valence-corrected chi connectivity index (χ1v) is 24.7. The van der Waals surface area contributed by atoms with E-state index in [1.807, 2.05) is 0 Å². The van der Waals surface area contributed by atoms with E-state index in [2.05, 4.69) is 19.2 Å². The SMILES string of the molecule is CCCCCCCCCCCCCCCCCCCCCCCC(=O)N[C@H](CO[C@H]1O[C@H](CO)[C@@H](O)[C@H](O)[C@H]1O)[C@H](O)CCCCCCCCCCCCCCC. The maximum atomic E-state index is 13.0. The molecule has 9 nitrogen and oxygen atoms in total. The van der Waals surface area contributed by atoms with Gasteiger partial charge in [-0.2, -0.15) is 0 Å². The summed E-state index contributed by atoms with van der Waals surface area (Å²) in [5.74, 6) is -0.139. The predicted molar refractivity (Wildman–Crippen MR) is 235 cm³/mol. The molecule has 0 bridgehead atoms. The van der Waals surface area contributed by atoms with Crippen LogP contribution >= 0.6 is 0 Å². The predicted octanol–water partition coefficient (Wildman–Crippen LogP) is 10.7. The monoisotopic (exact) mass is 814 g/mol. The van der Waals surface area contributed by atoms with E-state index < -0.39 is 49.5 Å². The molecule has 0 unspecified atom stereocenters. The standard InChI is InChI=1S/C48H95NO8/c1-3-5-7-9-11-13-15-17-18-19-20-21-22-23-24-26-28-30-32-34-36-38-44(52)49-41(40-56-48-47(55)46(54)45(53)43(39-50)57-48)42(51)37-35-33-31-29-27-25-16-14-12-10-8-6-4-2/h41-43,45-48,50-51,53-55H,3-40H2,1-2H3,(H,49,52)/t41-,42-,43-,45-,46+,47-,48+/m1/s1. The summed E-state index contributed by atoms with van der Waals surface area (Å²) in [7, 11) is 0. The zero-order valence-electron chi connectivity index (χ0n) is 37.4. The first-order valence-electron chi connectivity index (χ1n) is 24.7. The minimum Gasteiger partial charge on any atom is -0.394 e. The van der Waals surface area contributed by atoms with Gasteiger partial charge in [0, 0.05) is 6.42 Å². The lowest BCUT2D eigenvalue weighted by Gasteiger charge is -2.40. The second kappa shape index (κ2) is 39.3. The summed E-state index contributed by atoms with van der Waals surface area (Å²) in [6.07, 6.45) is 36.8. The van der Waals surface area contributed by atoms with Crippen molar-refractivity contribution < 1.29 is 39.8 Å². The third-order valence-corrected chi connectivity index (χ3v) is 12.2. The molecule has 0 radical (unpaired) electrons. The summed E-state index contributed by atoms with van der Waals surface area (Å²) in [6, 6.07) is -0.711. The van der Waals surface area contributed by atoms with Crippen LogP contribution in [0.3, 0.4) is 0 Å². The molecule has 6 N–H and O–H groups in total. The van der Waals surface area contributed by atoms with Crippen LogP contribution in [0.1, 0.15) is 245 Å². The van der Waals surface area contributed by atoms with Crippen molar-refractivity contribution in [3.8, 4) is 0 Å². The lowest BCUT2D eigenvalue weighted by Crippen LogP contribution is -2.60. The molecule has 1 heterocycles. The van der Waals surface area contributed by atoms with Gasteiger partial charge in [0.15, 0.2) is 6.29 Å². The number of rotatable bonds is 42. The topological polar surface area (TPSA) is 149 Å². The van der Waals surface area contributed by atoms with Gasteiger partial charge in [-0.1, -0.05) is 226 Å². The van der Waals surface area contributed by atoms with E-state index in [9.17, 15) is 30.3 Å². The Morgan fingerprint density at radius 1 is 0.526 bits per heavy atom. The Bertz CT molecular complexity index is 862. The van der Waals surface area contributed by atoms with E-state index in [0.29, 0.717) is 12.8 Å². The molecule has 7 atom stereocenters. The summed E-state index contributed by atoms with van der Waals surface area (Å²) in [4.78, 5) is 13.0. The van der Waals surface area contributed by atoms with Gasteiger partial charge in [-0.05, 0) is 12.8 Å². The lowest BCUT2D eigenvalue weighted by atomic mass is 9.99. The molecule has 0 spiro atoms. The van der Waals surface area contributed by atoms with Crippen molar-refractivity contribution in [3.63, 3.8) is 0 Å². The molecule has 0 aliphatic carbocycles. The van der Waals surface area contributed by atoms with Crippen LogP contribution in [0.5, 0.6) is 0 Å². The Morgan fingerprint density at radius 3 is 1.25 bits per heavy atom. The van der Waals surface area contributed by atoms with Gasteiger partial charge in [-0.25, -0.2) is 0 Å². The fraction of sp³-hybridized carbons (Fsp3) is 0.979. The molecule has 1 saturated heterocycles. The smallest absolute Gasteiger partial charge is 0.220 e. The van der Waals surface area contributed by atoms with Gasteiger partial charge >= 0.3 is 0 Å². The first kappa shape index (κ1) is 54.2. The zero-order chi connectivity index (χ0) is 41.6. The average Bonchev–Trinajstić information content (AvgIpc) is 3.21. The average molecular weight is 814 g/mol. The normalized spacial score (nSPS) is 20.9. The summed E-state index contributed by atoms with van der Waals surface area (Å²) >= 11 is 0. The van der Waals surface area contributed by atoms with Crippen LogP contribution in [0.25, 0.3) is 0 Å². The molecule has 340 valence electrons. The Hall–Kier alpha value is -0.810. The second-order valence-electron chi connectivity index (χ2n) is 17.6. The molecule has 0 aromatic heterocycles. The van der Waals surface area contributed by atoms with Crippen molar-refractivity contribution in [1.29, 1.82) is 0 Å². The number of nitrogens with one attached hydrogen (secondary N) is 1. The van der Waals surface area contributed by atoms with Gasteiger partial charge in [0.1, 0.15) is 24.4 Å². The highest BCUT2D eigenvalue weighted by molar-refractivity contribution is 5.76. The minimum absolute atomic E-state index is 0.132. The Labute approximate surface area is 351 Å². The molecule has 57 heavy (non-hydrogen) atoms. The van der Waals surface area contributed by atoms with Crippen LogP contribution in [0.4, 0.5) is 0 Å². The van der Waals surface area contributed by atoms with E-state index in [4.69, 9.17) is 9.47 Å². The highest BCUT2D eigenvalue weighted by Gasteiger charge is 2.44. The van der Waals surface area contributed by atoms with E-state index >= 15 is 0 Å². The zero-order valence-corrected chi connectivity index (χ0v) is 37.4. The third kappa shape index (κ3) is 30.0. The number of carbonyl (C=O) groups excluding carboxylic acids is 1. The largest absolute Gasteiger partial charge is 0.394 e. The van der Waals surface area contributed by atoms with Gasteiger partial charge in [-0.3, -0.25) is 4.79 Å². The maximum absolute atomic E-state index is 13.0. The Balaban J connectivity index is 2.24. The second-order valence-corrected chi connectivity index (χ2v) is 17.6. The number of aliphatic hydroxyl groups excluding tert-OH is 5. The molecule has 1 rings (SSSR count). The molecule has 0 aromatic rings. The summed E-state index contributed by atoms with van der Waals surface area (Å²) in [5.41, 5.74) is 0. The highest BCUT2D eigenvalue weighted by Crippen LogP contribution is 2.23. The van der Waals surface area contributed by atoms with Crippen LogP contribution in [0, 0.1) is 0 Å². The quantitative estimate of drug-likeness (QED) is 0.0334. The van der Waals surface area contributed by atoms with Crippen molar-refractivity contribution >= 4 is 5.91 Å². The number of carbonyl (C=O) groups is 1. The molecular formula is C48H95NO8. The molecule has 1 aliphatic rings. The van der Waals surface area contributed by atoms with E-state index in [1.54, 1.807) is 0 Å². The maximum Gasteiger partial charge on any atom is 0.220 e. The van der Waals surface area contributed by atoms with Crippen LogP contribution in [0.2, 0.25) is 0 Å². The number of ether oxygens (including phenoxy) is 2. The van der Waals surface area contributed by atoms with Gasteiger partial charge in [0.25, 0.3) is 0 Å². The van der Waals surface area contributed by atoms with Crippen LogP contribution in [-0.2, 0) is 14.3 Å². The third-order valence-electron chi connectivity index (χ3n) is 12.2. The first-order chi connectivity index (χ1) is 27.8. The number of hydrogen-bond donors (Lipinski definition) is 6. The van der Waals surface area contributed by atoms with Crippen LogP contribution in [-0.4, -0.2) is 87.5 Å². The summed E-state index contributed by atoms with van der Waals surface area (Å²) < 4.78 is 11.3. The molecule has 1 fully saturated rings. The van der Waals surface area contributed by atoms with Crippen molar-refractivity contribution in [3.05, 3.63) is 0 Å². The number of unbranched alkanes of at least 4 members (excludes halogenated alkanes) is 32. The fourth-order valence-corrected chi connectivity index (χ4v) is 8.22. The Morgan fingerprint density at radius 2 is 0.877 bits per heavy atom. The highest BCUT2D eigenvalue weighted by atomic mass is 16.7. The molecular weight excluding hydrogens is 719 g/mol.